The van der Waals surface area contributed by atoms with Crippen molar-refractivity contribution in [2.45, 2.75) is 17.8 Å². The molecule has 1 amide bonds. The number of hydrogen-bond acceptors (Lipinski definition) is 5. The minimum atomic E-state index is -4.68. The Kier molecular flexibility index (Phi) is 5.83. The molecule has 2 N–H and O–H groups in total. The third-order valence-electron chi connectivity index (χ3n) is 2.90. The summed E-state index contributed by atoms with van der Waals surface area (Å²) < 4.78 is 51.6. The molecule has 1 atom stereocenters. The maximum atomic E-state index is 13.7. The molecule has 12 heteroatoms. The van der Waals surface area contributed by atoms with E-state index in [9.17, 15) is 27.2 Å². The predicted octanol–water partition coefficient (Wildman–Crippen LogP) is 3.00. The summed E-state index contributed by atoms with van der Waals surface area (Å²) in [7, 11) is 0. The first-order chi connectivity index (χ1) is 11.6. The van der Waals surface area contributed by atoms with Gasteiger partial charge in [0.15, 0.2) is 5.17 Å². The van der Waals surface area contributed by atoms with Gasteiger partial charge < -0.3 is 10.4 Å². The van der Waals surface area contributed by atoms with Crippen LogP contribution in [0.15, 0.2) is 26.8 Å². The maximum absolute atomic E-state index is 13.7. The van der Waals surface area contributed by atoms with Gasteiger partial charge in [-0.25, -0.2) is 4.39 Å². The second-order valence-electron chi connectivity index (χ2n) is 4.66. The number of thioether (sulfide) groups is 1. The van der Waals surface area contributed by atoms with Crippen molar-refractivity contribution in [3.63, 3.8) is 0 Å². The molecule has 0 bridgehead atoms. The van der Waals surface area contributed by atoms with Gasteiger partial charge in [-0.3, -0.25) is 9.59 Å². The molecule has 0 aliphatic carbocycles. The van der Waals surface area contributed by atoms with Gasteiger partial charge in [0.1, 0.15) is 11.1 Å². The zero-order valence-corrected chi connectivity index (χ0v) is 14.4. The van der Waals surface area contributed by atoms with Crippen molar-refractivity contribution in [2.75, 3.05) is 0 Å². The molecule has 0 radical (unpaired) electrons. The number of carbonyl (C=O) groups is 2. The summed E-state index contributed by atoms with van der Waals surface area (Å²) in [6.45, 7) is 0. The summed E-state index contributed by atoms with van der Waals surface area (Å²) in [5, 5.41) is 17.0. The van der Waals surface area contributed by atoms with E-state index in [1.54, 1.807) is 0 Å². The lowest BCUT2D eigenvalue weighted by molar-refractivity contribution is -0.139. The van der Waals surface area contributed by atoms with E-state index in [0.29, 0.717) is 12.1 Å². The average Bonchev–Trinajstić information content (AvgIpc) is 2.80. The van der Waals surface area contributed by atoms with Crippen LogP contribution in [0.5, 0.6) is 0 Å². The number of aliphatic carboxylic acids is 1. The molecule has 0 aromatic heterocycles. The van der Waals surface area contributed by atoms with E-state index in [1.807, 2.05) is 0 Å². The Morgan fingerprint density at radius 3 is 2.72 bits per heavy atom. The predicted molar refractivity (Wildman–Crippen MR) is 85.9 cm³/mol. The topological polar surface area (TPSA) is 91.1 Å². The van der Waals surface area contributed by atoms with Gasteiger partial charge in [0.25, 0.3) is 0 Å². The lowest BCUT2D eigenvalue weighted by Gasteiger charge is -2.11. The van der Waals surface area contributed by atoms with Gasteiger partial charge in [-0.15, -0.1) is 5.10 Å². The molecule has 1 aromatic rings. The minimum Gasteiger partial charge on any atom is -0.481 e. The molecule has 134 valence electrons. The molecule has 1 aromatic carbocycles. The van der Waals surface area contributed by atoms with Crippen LogP contribution in [0.1, 0.15) is 17.5 Å². The van der Waals surface area contributed by atoms with Gasteiger partial charge in [0.2, 0.25) is 5.91 Å². The second-order valence-corrected chi connectivity index (χ2v) is 6.65. The first-order valence-electron chi connectivity index (χ1n) is 6.45. The number of amidine groups is 1. The molecule has 25 heavy (non-hydrogen) atoms. The van der Waals surface area contributed by atoms with E-state index >= 15 is 0 Å². The quantitative estimate of drug-likeness (QED) is 0.426. The number of carboxylic acids is 1. The van der Waals surface area contributed by atoms with Gasteiger partial charge in [0.05, 0.1) is 18.2 Å². The number of nitrogens with zero attached hydrogens (tertiary/aromatic N) is 2. The molecule has 1 unspecified atom stereocenters. The number of hydrogen-bond donors (Lipinski definition) is 2. The SMILES string of the molecule is O=C(O)CC1SC(=NN=Cc2c(F)ccc(C(F)(F)F)c2Br)NC1=O. The monoisotopic (exact) mass is 441 g/mol. The van der Waals surface area contributed by atoms with Crippen LogP contribution in [0.3, 0.4) is 0 Å². The lowest BCUT2D eigenvalue weighted by atomic mass is 10.1. The summed E-state index contributed by atoms with van der Waals surface area (Å²) in [5.41, 5.74) is -1.54. The normalized spacial score (nSPS) is 19.6. The highest BCUT2D eigenvalue weighted by molar-refractivity contribution is 9.10. The standard InChI is InChI=1S/C13H8BrF4N3O3S/c14-10-5(7(15)2-1-6(10)13(16,17)18)4-19-21-12-20-11(24)8(25-12)3-9(22)23/h1-2,4,8H,3H2,(H,22,23)(H,20,21,24). The Morgan fingerprint density at radius 1 is 1.44 bits per heavy atom. The number of rotatable bonds is 4. The van der Waals surface area contributed by atoms with Crippen LogP contribution in [0.4, 0.5) is 17.6 Å². The number of carbonyl (C=O) groups excluding carboxylic acids is 1. The number of amides is 1. The molecule has 1 aliphatic rings. The highest BCUT2D eigenvalue weighted by Crippen LogP contribution is 2.36. The fourth-order valence-electron chi connectivity index (χ4n) is 1.79. The van der Waals surface area contributed by atoms with Crippen molar-refractivity contribution in [1.29, 1.82) is 0 Å². The van der Waals surface area contributed by atoms with E-state index in [2.05, 4.69) is 31.4 Å². The van der Waals surface area contributed by atoms with Crippen molar-refractivity contribution in [2.24, 2.45) is 10.2 Å². The van der Waals surface area contributed by atoms with Crippen molar-refractivity contribution in [3.05, 3.63) is 33.5 Å². The largest absolute Gasteiger partial charge is 0.481 e. The summed E-state index contributed by atoms with van der Waals surface area (Å²) in [4.78, 5) is 22.1. The van der Waals surface area contributed by atoms with Crippen LogP contribution >= 0.6 is 27.7 Å². The Hall–Kier alpha value is -1.95. The third-order valence-corrected chi connectivity index (χ3v) is 4.83. The van der Waals surface area contributed by atoms with E-state index in [1.165, 1.54) is 0 Å². The fraction of sp³-hybridized carbons (Fsp3) is 0.231. The maximum Gasteiger partial charge on any atom is 0.417 e. The average molecular weight is 442 g/mol. The molecule has 1 aliphatic heterocycles. The highest BCUT2D eigenvalue weighted by atomic mass is 79.9. The number of alkyl halides is 3. The molecule has 6 nitrogen and oxygen atoms in total. The zero-order valence-electron chi connectivity index (χ0n) is 12.0. The van der Waals surface area contributed by atoms with Crippen LogP contribution in [-0.2, 0) is 15.8 Å². The van der Waals surface area contributed by atoms with Gasteiger partial charge in [-0.2, -0.15) is 18.3 Å². The van der Waals surface area contributed by atoms with Gasteiger partial charge in [0, 0.05) is 10.0 Å². The molecular weight excluding hydrogens is 434 g/mol. The van der Waals surface area contributed by atoms with E-state index in [0.717, 1.165) is 18.0 Å². The fourth-order valence-corrected chi connectivity index (χ4v) is 3.35. The summed E-state index contributed by atoms with van der Waals surface area (Å²) in [5.74, 6) is -2.70. The summed E-state index contributed by atoms with van der Waals surface area (Å²) in [6, 6.07) is 1.24. The Balaban J connectivity index is 2.20. The Morgan fingerprint density at radius 2 is 2.12 bits per heavy atom. The number of halogens is 5. The number of carboxylic acid groups (broad SMARTS) is 1. The first-order valence-corrected chi connectivity index (χ1v) is 8.12. The Bertz CT molecular complexity index is 783. The van der Waals surface area contributed by atoms with Crippen molar-refractivity contribution in [3.8, 4) is 0 Å². The molecule has 1 saturated heterocycles. The molecule has 0 spiro atoms. The lowest BCUT2D eigenvalue weighted by Crippen LogP contribution is -2.26. The second kappa shape index (κ2) is 7.52. The van der Waals surface area contributed by atoms with Gasteiger partial charge in [-0.05, 0) is 28.1 Å². The third kappa shape index (κ3) is 4.78. The van der Waals surface area contributed by atoms with Crippen molar-refractivity contribution >= 4 is 51.0 Å². The molecule has 1 heterocycles. The van der Waals surface area contributed by atoms with Crippen LogP contribution in [0, 0.1) is 5.82 Å². The van der Waals surface area contributed by atoms with E-state index in [4.69, 9.17) is 5.11 Å². The summed E-state index contributed by atoms with van der Waals surface area (Å²) in [6.07, 6.45) is -4.34. The van der Waals surface area contributed by atoms with Crippen LogP contribution < -0.4 is 5.32 Å². The van der Waals surface area contributed by atoms with Crippen LogP contribution in [-0.4, -0.2) is 33.6 Å². The summed E-state index contributed by atoms with van der Waals surface area (Å²) >= 11 is 3.50. The van der Waals surface area contributed by atoms with Gasteiger partial charge >= 0.3 is 12.1 Å². The molecule has 1 fully saturated rings. The van der Waals surface area contributed by atoms with Crippen LogP contribution in [0.2, 0.25) is 0 Å². The molecule has 2 rings (SSSR count). The molecule has 0 saturated carbocycles. The minimum absolute atomic E-state index is 0.0315. The zero-order chi connectivity index (χ0) is 18.8. The molecular formula is C13H8BrF4N3O3S. The number of benzene rings is 1. The smallest absolute Gasteiger partial charge is 0.417 e. The van der Waals surface area contributed by atoms with Crippen molar-refractivity contribution in [1.82, 2.24) is 5.32 Å². The van der Waals surface area contributed by atoms with E-state index in [-0.39, 0.29) is 5.17 Å². The van der Waals surface area contributed by atoms with E-state index < -0.39 is 51.1 Å². The van der Waals surface area contributed by atoms with Crippen LogP contribution in [0.25, 0.3) is 0 Å². The Labute approximate surface area is 150 Å². The van der Waals surface area contributed by atoms with Crippen molar-refractivity contribution < 1.29 is 32.3 Å². The first kappa shape index (κ1) is 19.4. The van der Waals surface area contributed by atoms with Gasteiger partial charge in [-0.1, -0.05) is 11.8 Å². The highest BCUT2D eigenvalue weighted by Gasteiger charge is 2.34. The number of nitrogens with one attached hydrogen (secondary N) is 1.